The van der Waals surface area contributed by atoms with Gasteiger partial charge in [-0.15, -0.1) is 11.8 Å². The molecule has 0 spiro atoms. The summed E-state index contributed by atoms with van der Waals surface area (Å²) in [7, 11) is 0. The molecular weight excluding hydrogens is 264 g/mol. The van der Waals surface area contributed by atoms with Crippen LogP contribution in [0.3, 0.4) is 0 Å². The molecule has 0 saturated heterocycles. The van der Waals surface area contributed by atoms with Crippen LogP contribution in [0, 0.1) is 11.8 Å². The first kappa shape index (κ1) is 14.7. The summed E-state index contributed by atoms with van der Waals surface area (Å²) in [6.07, 6.45) is 2.31. The zero-order valence-corrected chi connectivity index (χ0v) is 12.6. The maximum atomic E-state index is 10.1. The second-order valence-electron chi connectivity index (χ2n) is 4.50. The second kappa shape index (κ2) is 7.19. The zero-order valence-electron chi connectivity index (χ0n) is 11.8. The molecule has 1 N–H and O–H groups in total. The Hall–Kier alpha value is -1.69. The van der Waals surface area contributed by atoms with Crippen molar-refractivity contribution in [2.75, 3.05) is 6.26 Å². The molecule has 0 radical (unpaired) electrons. The van der Waals surface area contributed by atoms with Crippen LogP contribution in [-0.2, 0) is 6.42 Å². The van der Waals surface area contributed by atoms with Gasteiger partial charge >= 0.3 is 0 Å². The molecule has 20 heavy (non-hydrogen) atoms. The van der Waals surface area contributed by atoms with Gasteiger partial charge in [0.2, 0.25) is 0 Å². The maximum Gasteiger partial charge on any atom is 0.140 e. The van der Waals surface area contributed by atoms with Crippen molar-refractivity contribution in [3.8, 4) is 11.8 Å². The molecule has 2 heteroatoms. The quantitative estimate of drug-likeness (QED) is 0.677. The molecular formula is C18H18OS. The Morgan fingerprint density at radius 2 is 1.70 bits per heavy atom. The molecule has 0 aliphatic rings. The standard InChI is InChI=1S/C18H18OS/c1-3-14-4-9-16(10-5-14)18(19)13-8-15-6-11-17(20-2)12-7-15/h4-7,9-12,18-19H,3H2,1-2H3/t18-/m0/s1. The highest BCUT2D eigenvalue weighted by Gasteiger charge is 2.02. The molecule has 0 unspecified atom stereocenters. The summed E-state index contributed by atoms with van der Waals surface area (Å²) in [4.78, 5) is 1.21. The van der Waals surface area contributed by atoms with Crippen LogP contribution >= 0.6 is 11.8 Å². The fraction of sp³-hybridized carbons (Fsp3) is 0.222. The third-order valence-corrected chi connectivity index (χ3v) is 3.89. The highest BCUT2D eigenvalue weighted by atomic mass is 32.2. The van der Waals surface area contributed by atoms with Gasteiger partial charge in [-0.3, -0.25) is 0 Å². The summed E-state index contributed by atoms with van der Waals surface area (Å²) in [6.45, 7) is 2.11. The van der Waals surface area contributed by atoms with Crippen LogP contribution in [0.25, 0.3) is 0 Å². The van der Waals surface area contributed by atoms with Gasteiger partial charge in [0.25, 0.3) is 0 Å². The van der Waals surface area contributed by atoms with E-state index >= 15 is 0 Å². The van der Waals surface area contributed by atoms with Gasteiger partial charge in [-0.2, -0.15) is 0 Å². The van der Waals surface area contributed by atoms with Gasteiger partial charge in [-0.1, -0.05) is 43.0 Å². The predicted molar refractivity (Wildman–Crippen MR) is 85.9 cm³/mol. The van der Waals surface area contributed by atoms with E-state index < -0.39 is 6.10 Å². The van der Waals surface area contributed by atoms with Crippen LogP contribution in [0.5, 0.6) is 0 Å². The number of rotatable bonds is 3. The molecule has 2 aromatic rings. The minimum Gasteiger partial charge on any atom is -0.376 e. The van der Waals surface area contributed by atoms with Crippen molar-refractivity contribution in [2.24, 2.45) is 0 Å². The average molecular weight is 282 g/mol. The van der Waals surface area contributed by atoms with Gasteiger partial charge in [0, 0.05) is 10.5 Å². The predicted octanol–water partition coefficient (Wildman–Crippen LogP) is 4.06. The van der Waals surface area contributed by atoms with Gasteiger partial charge in [0.1, 0.15) is 6.10 Å². The molecule has 2 aromatic carbocycles. The van der Waals surface area contributed by atoms with E-state index in [0.717, 1.165) is 17.5 Å². The largest absolute Gasteiger partial charge is 0.376 e. The summed E-state index contributed by atoms with van der Waals surface area (Å²) in [5.74, 6) is 5.90. The normalized spacial score (nSPS) is 11.6. The minimum absolute atomic E-state index is 0.735. The van der Waals surface area contributed by atoms with Gasteiger partial charge < -0.3 is 5.11 Å². The molecule has 0 aromatic heterocycles. The van der Waals surface area contributed by atoms with Crippen LogP contribution in [0.4, 0.5) is 0 Å². The van der Waals surface area contributed by atoms with Gasteiger partial charge in [-0.25, -0.2) is 0 Å². The Labute approximate surface area is 125 Å². The van der Waals surface area contributed by atoms with Crippen LogP contribution in [0.1, 0.15) is 29.7 Å². The van der Waals surface area contributed by atoms with E-state index in [0.29, 0.717) is 0 Å². The SMILES string of the molecule is CCc1ccc([C@@H](O)C#Cc2ccc(SC)cc2)cc1. The van der Waals surface area contributed by atoms with E-state index in [4.69, 9.17) is 0 Å². The number of hydrogen-bond acceptors (Lipinski definition) is 2. The third kappa shape index (κ3) is 3.90. The van der Waals surface area contributed by atoms with Crippen LogP contribution in [0.2, 0.25) is 0 Å². The smallest absolute Gasteiger partial charge is 0.140 e. The lowest BCUT2D eigenvalue weighted by atomic mass is 10.1. The van der Waals surface area contributed by atoms with E-state index in [1.165, 1.54) is 10.5 Å². The van der Waals surface area contributed by atoms with Crippen molar-refractivity contribution >= 4 is 11.8 Å². The first-order chi connectivity index (χ1) is 9.72. The van der Waals surface area contributed by atoms with Crippen molar-refractivity contribution in [3.63, 3.8) is 0 Å². The number of aliphatic hydroxyl groups is 1. The lowest BCUT2D eigenvalue weighted by Gasteiger charge is -2.04. The monoisotopic (exact) mass is 282 g/mol. The summed E-state index contributed by atoms with van der Waals surface area (Å²) < 4.78 is 0. The van der Waals surface area contributed by atoms with E-state index in [9.17, 15) is 5.11 Å². The Morgan fingerprint density at radius 1 is 1.05 bits per heavy atom. The minimum atomic E-state index is -0.735. The topological polar surface area (TPSA) is 20.2 Å². The Bertz CT molecular complexity index is 603. The number of thioether (sulfide) groups is 1. The number of hydrogen-bond donors (Lipinski definition) is 1. The molecule has 0 saturated carbocycles. The first-order valence-electron chi connectivity index (χ1n) is 6.65. The van der Waals surface area contributed by atoms with Crippen LogP contribution in [0.15, 0.2) is 53.4 Å². The molecule has 0 heterocycles. The lowest BCUT2D eigenvalue weighted by Crippen LogP contribution is -1.94. The molecule has 0 amide bonds. The summed E-state index contributed by atoms with van der Waals surface area (Å²) in [6, 6.07) is 16.0. The van der Waals surface area contributed by atoms with E-state index in [2.05, 4.69) is 18.8 Å². The maximum absolute atomic E-state index is 10.1. The Balaban J connectivity index is 2.09. The zero-order chi connectivity index (χ0) is 14.4. The molecule has 0 bridgehead atoms. The molecule has 0 fully saturated rings. The van der Waals surface area contributed by atoms with Crippen LogP contribution in [-0.4, -0.2) is 11.4 Å². The highest BCUT2D eigenvalue weighted by molar-refractivity contribution is 7.98. The molecule has 2 rings (SSSR count). The molecule has 1 nitrogen and oxygen atoms in total. The fourth-order valence-electron chi connectivity index (χ4n) is 1.85. The van der Waals surface area contributed by atoms with E-state index in [1.807, 2.05) is 54.8 Å². The molecule has 1 atom stereocenters. The molecule has 102 valence electrons. The third-order valence-electron chi connectivity index (χ3n) is 3.15. The number of aryl methyl sites for hydroxylation is 1. The second-order valence-corrected chi connectivity index (χ2v) is 5.38. The van der Waals surface area contributed by atoms with Crippen LogP contribution < -0.4 is 0 Å². The van der Waals surface area contributed by atoms with Gasteiger partial charge in [0.15, 0.2) is 0 Å². The average Bonchev–Trinajstić information content (AvgIpc) is 2.53. The van der Waals surface area contributed by atoms with E-state index in [1.54, 1.807) is 11.8 Å². The highest BCUT2D eigenvalue weighted by Crippen LogP contribution is 2.16. The fourth-order valence-corrected chi connectivity index (χ4v) is 2.25. The number of benzene rings is 2. The van der Waals surface area contributed by atoms with Crippen molar-refractivity contribution in [1.29, 1.82) is 0 Å². The number of aliphatic hydroxyl groups excluding tert-OH is 1. The molecule has 0 aliphatic heterocycles. The summed E-state index contributed by atoms with van der Waals surface area (Å²) in [5.41, 5.74) is 3.03. The van der Waals surface area contributed by atoms with Crippen molar-refractivity contribution in [2.45, 2.75) is 24.3 Å². The van der Waals surface area contributed by atoms with E-state index in [-0.39, 0.29) is 0 Å². The van der Waals surface area contributed by atoms with Crippen molar-refractivity contribution in [1.82, 2.24) is 0 Å². The summed E-state index contributed by atoms with van der Waals surface area (Å²) in [5, 5.41) is 10.1. The van der Waals surface area contributed by atoms with Gasteiger partial charge in [0.05, 0.1) is 0 Å². The van der Waals surface area contributed by atoms with Crippen molar-refractivity contribution < 1.29 is 5.11 Å². The Kier molecular flexibility index (Phi) is 5.29. The molecule has 0 aliphatic carbocycles. The summed E-state index contributed by atoms with van der Waals surface area (Å²) >= 11 is 1.70. The van der Waals surface area contributed by atoms with Crippen molar-refractivity contribution in [3.05, 3.63) is 65.2 Å². The lowest BCUT2D eigenvalue weighted by molar-refractivity contribution is 0.238. The Morgan fingerprint density at radius 3 is 2.25 bits per heavy atom. The first-order valence-corrected chi connectivity index (χ1v) is 7.88. The van der Waals surface area contributed by atoms with Gasteiger partial charge in [-0.05, 0) is 48.1 Å².